The van der Waals surface area contributed by atoms with Gasteiger partial charge in [-0.3, -0.25) is 0 Å². The monoisotopic (exact) mass is 370 g/mol. The Bertz CT molecular complexity index is 658. The lowest BCUT2D eigenvalue weighted by Gasteiger charge is -2.17. The lowest BCUT2D eigenvalue weighted by Crippen LogP contribution is -2.30. The number of benzene rings is 2. The van der Waals surface area contributed by atoms with E-state index in [2.05, 4.69) is 36.5 Å². The maximum Gasteiger partial charge on any atom is 0.115 e. The van der Waals surface area contributed by atoms with Crippen LogP contribution >= 0.6 is 0 Å². The number of phenolic OH excluding ortho intramolecular Hbond substituents is 1. The van der Waals surface area contributed by atoms with E-state index in [0.717, 1.165) is 50.6 Å². The molecule has 4 nitrogen and oxygen atoms in total. The van der Waals surface area contributed by atoms with Crippen LogP contribution in [0, 0.1) is 0 Å². The summed E-state index contributed by atoms with van der Waals surface area (Å²) in [6.45, 7) is 3.41. The molecule has 0 aromatic heterocycles. The number of aromatic hydroxyl groups is 1. The van der Waals surface area contributed by atoms with Crippen LogP contribution in [0.1, 0.15) is 55.4 Å². The third-order valence-electron chi connectivity index (χ3n) is 4.96. The molecule has 2 aromatic rings. The van der Waals surface area contributed by atoms with Crippen LogP contribution in [-0.4, -0.2) is 29.3 Å². The number of nitrogens with one attached hydrogen (secondary N) is 1. The number of rotatable bonds is 12. The van der Waals surface area contributed by atoms with Crippen molar-refractivity contribution in [2.45, 2.75) is 57.6 Å². The van der Waals surface area contributed by atoms with E-state index in [9.17, 15) is 10.2 Å². The van der Waals surface area contributed by atoms with Crippen LogP contribution in [-0.2, 0) is 12.8 Å². The summed E-state index contributed by atoms with van der Waals surface area (Å²) in [6.07, 6.45) is 6.00. The van der Waals surface area contributed by atoms with Gasteiger partial charge in [0, 0.05) is 12.6 Å². The molecule has 0 aliphatic carbocycles. The molecule has 5 N–H and O–H groups in total. The molecule has 0 bridgehead atoms. The van der Waals surface area contributed by atoms with Crippen LogP contribution in [0.3, 0.4) is 0 Å². The first-order valence-electron chi connectivity index (χ1n) is 10.1. The third kappa shape index (κ3) is 8.12. The number of unbranched alkanes of at least 4 members (excludes halogenated alkanes) is 1. The molecular formula is C23H34N2O2. The Morgan fingerprint density at radius 1 is 0.963 bits per heavy atom. The number of phenols is 1. The fraction of sp³-hybridized carbons (Fsp3) is 0.478. The summed E-state index contributed by atoms with van der Waals surface area (Å²) in [5.74, 6) is 0.185. The summed E-state index contributed by atoms with van der Waals surface area (Å²) in [5.41, 5.74) is 9.05. The zero-order valence-corrected chi connectivity index (χ0v) is 16.4. The van der Waals surface area contributed by atoms with E-state index in [1.165, 1.54) is 11.1 Å². The maximum atomic E-state index is 10.2. The van der Waals surface area contributed by atoms with E-state index in [-0.39, 0.29) is 5.75 Å². The highest BCUT2D eigenvalue weighted by Gasteiger charge is 2.10. The average molecular weight is 371 g/mol. The Labute approximate surface area is 163 Å². The van der Waals surface area contributed by atoms with Gasteiger partial charge in [0.1, 0.15) is 5.75 Å². The predicted molar refractivity (Wildman–Crippen MR) is 112 cm³/mol. The van der Waals surface area contributed by atoms with Gasteiger partial charge in [0.25, 0.3) is 0 Å². The second-order valence-corrected chi connectivity index (χ2v) is 7.37. The largest absolute Gasteiger partial charge is 0.508 e. The van der Waals surface area contributed by atoms with Gasteiger partial charge in [0.2, 0.25) is 0 Å². The fourth-order valence-electron chi connectivity index (χ4n) is 3.22. The first kappa shape index (κ1) is 21.4. The normalized spacial score (nSPS) is 13.4. The number of aliphatic hydroxyl groups is 1. The van der Waals surface area contributed by atoms with Crippen LogP contribution in [0.2, 0.25) is 0 Å². The van der Waals surface area contributed by atoms with E-state index in [1.807, 2.05) is 6.07 Å². The molecule has 148 valence electrons. The molecule has 0 saturated heterocycles. The molecular weight excluding hydrogens is 336 g/mol. The first-order valence-corrected chi connectivity index (χ1v) is 10.1. The number of nitrogens with two attached hydrogens (primary N) is 1. The zero-order chi connectivity index (χ0) is 19.5. The van der Waals surface area contributed by atoms with E-state index in [4.69, 9.17) is 5.73 Å². The van der Waals surface area contributed by atoms with E-state index < -0.39 is 6.10 Å². The minimum atomic E-state index is -0.605. The average Bonchev–Trinajstić information content (AvgIpc) is 2.67. The van der Waals surface area contributed by atoms with Gasteiger partial charge in [0.05, 0.1) is 6.10 Å². The van der Waals surface area contributed by atoms with Gasteiger partial charge in [-0.2, -0.15) is 0 Å². The van der Waals surface area contributed by atoms with Crippen molar-refractivity contribution in [3.05, 3.63) is 65.2 Å². The highest BCUT2D eigenvalue weighted by Crippen LogP contribution is 2.18. The molecule has 2 aromatic carbocycles. The van der Waals surface area contributed by atoms with Crippen molar-refractivity contribution in [1.29, 1.82) is 0 Å². The summed E-state index contributed by atoms with van der Waals surface area (Å²) in [6, 6.07) is 16.1. The summed E-state index contributed by atoms with van der Waals surface area (Å²) in [4.78, 5) is 0. The summed E-state index contributed by atoms with van der Waals surface area (Å²) >= 11 is 0. The lowest BCUT2D eigenvalue weighted by atomic mass is 10.0. The Balaban J connectivity index is 1.64. The van der Waals surface area contributed by atoms with Crippen LogP contribution in [0.15, 0.2) is 48.5 Å². The van der Waals surface area contributed by atoms with Crippen molar-refractivity contribution >= 4 is 0 Å². The smallest absolute Gasteiger partial charge is 0.115 e. The minimum absolute atomic E-state index is 0.185. The van der Waals surface area contributed by atoms with Crippen molar-refractivity contribution in [2.24, 2.45) is 5.73 Å². The van der Waals surface area contributed by atoms with Gasteiger partial charge >= 0.3 is 0 Å². The Morgan fingerprint density at radius 3 is 2.26 bits per heavy atom. The molecule has 2 rings (SSSR count). The second kappa shape index (κ2) is 11.8. The molecule has 27 heavy (non-hydrogen) atoms. The number of aliphatic hydroxyl groups excluding tert-OH is 1. The fourth-order valence-corrected chi connectivity index (χ4v) is 3.22. The highest BCUT2D eigenvalue weighted by atomic mass is 16.3. The Kier molecular flexibility index (Phi) is 9.32. The molecule has 0 radical (unpaired) electrons. The van der Waals surface area contributed by atoms with Crippen molar-refractivity contribution in [1.82, 2.24) is 5.32 Å². The van der Waals surface area contributed by atoms with Crippen molar-refractivity contribution < 1.29 is 10.2 Å². The number of hydrogen-bond donors (Lipinski definition) is 4. The first-order chi connectivity index (χ1) is 13.1. The zero-order valence-electron chi connectivity index (χ0n) is 16.4. The highest BCUT2D eigenvalue weighted by molar-refractivity contribution is 5.28. The SMILES string of the molecule is C[C@H](CCCc1ccc(CCCCN)cc1)NCC(O)c1cccc(O)c1. The van der Waals surface area contributed by atoms with E-state index in [1.54, 1.807) is 18.2 Å². The van der Waals surface area contributed by atoms with Crippen molar-refractivity contribution in [3.63, 3.8) is 0 Å². The third-order valence-corrected chi connectivity index (χ3v) is 4.96. The predicted octanol–water partition coefficient (Wildman–Crippen LogP) is 3.71. The number of hydrogen-bond acceptors (Lipinski definition) is 4. The molecule has 0 aliphatic heterocycles. The summed E-state index contributed by atoms with van der Waals surface area (Å²) < 4.78 is 0. The summed E-state index contributed by atoms with van der Waals surface area (Å²) in [5, 5.41) is 23.1. The van der Waals surface area contributed by atoms with Gasteiger partial charge in [-0.15, -0.1) is 0 Å². The quantitative estimate of drug-likeness (QED) is 0.430. The topological polar surface area (TPSA) is 78.5 Å². The molecule has 0 heterocycles. The number of aryl methyl sites for hydroxylation is 2. The van der Waals surface area contributed by atoms with Gasteiger partial charge in [-0.25, -0.2) is 0 Å². The molecule has 0 spiro atoms. The second-order valence-electron chi connectivity index (χ2n) is 7.37. The molecule has 0 amide bonds. The van der Waals surface area contributed by atoms with Crippen molar-refractivity contribution in [2.75, 3.05) is 13.1 Å². The van der Waals surface area contributed by atoms with Crippen LogP contribution in [0.25, 0.3) is 0 Å². The van der Waals surface area contributed by atoms with E-state index >= 15 is 0 Å². The van der Waals surface area contributed by atoms with Crippen LogP contribution in [0.4, 0.5) is 0 Å². The van der Waals surface area contributed by atoms with Crippen molar-refractivity contribution in [3.8, 4) is 5.75 Å². The van der Waals surface area contributed by atoms with E-state index in [0.29, 0.717) is 12.6 Å². The van der Waals surface area contributed by atoms with Crippen LogP contribution in [0.5, 0.6) is 5.75 Å². The van der Waals surface area contributed by atoms with Gasteiger partial charge in [-0.1, -0.05) is 36.4 Å². The van der Waals surface area contributed by atoms with Crippen LogP contribution < -0.4 is 11.1 Å². The molecule has 0 fully saturated rings. The Hall–Kier alpha value is -1.88. The van der Waals surface area contributed by atoms with Gasteiger partial charge < -0.3 is 21.3 Å². The standard InChI is InChI=1S/C23H34N2O2/c1-18(25-17-23(27)21-9-5-10-22(26)16-21)6-4-8-20-13-11-19(12-14-20)7-2-3-15-24/h5,9-14,16,18,23,25-27H,2-4,6-8,15,17,24H2,1H3/t18-,23?/m1/s1. The molecule has 1 unspecified atom stereocenters. The van der Waals surface area contributed by atoms with Gasteiger partial charge in [0.15, 0.2) is 0 Å². The lowest BCUT2D eigenvalue weighted by molar-refractivity contribution is 0.169. The molecule has 4 heteroatoms. The Morgan fingerprint density at radius 2 is 1.63 bits per heavy atom. The maximum absolute atomic E-state index is 10.2. The molecule has 0 aliphatic rings. The summed E-state index contributed by atoms with van der Waals surface area (Å²) in [7, 11) is 0. The van der Waals surface area contributed by atoms with Gasteiger partial charge in [-0.05, 0) is 80.8 Å². The minimum Gasteiger partial charge on any atom is -0.508 e. The molecule has 0 saturated carbocycles. The molecule has 2 atom stereocenters.